The van der Waals surface area contributed by atoms with Crippen molar-refractivity contribution < 1.29 is 19.4 Å². The van der Waals surface area contributed by atoms with Crippen LogP contribution in [0.5, 0.6) is 11.5 Å². The van der Waals surface area contributed by atoms with Gasteiger partial charge in [0.15, 0.2) is 11.5 Å². The predicted octanol–water partition coefficient (Wildman–Crippen LogP) is 2.94. The minimum absolute atomic E-state index is 0.160. The molecular weight excluding hydrogens is 276 g/mol. The average Bonchev–Trinajstić information content (AvgIpc) is 2.26. The molecule has 1 N–H and O–H groups in total. The van der Waals surface area contributed by atoms with Gasteiger partial charge in [-0.15, -0.1) is 0 Å². The van der Waals surface area contributed by atoms with Gasteiger partial charge in [0.25, 0.3) is 0 Å². The molecule has 0 saturated carbocycles. The van der Waals surface area contributed by atoms with Gasteiger partial charge in [0.2, 0.25) is 0 Å². The monoisotopic (exact) mass is 288 g/mol. The molecule has 0 saturated heterocycles. The minimum atomic E-state index is -0.999. The number of carbonyl (C=O) groups is 1. The number of hydrogen-bond acceptors (Lipinski definition) is 3. The van der Waals surface area contributed by atoms with Crippen LogP contribution in [0.3, 0.4) is 0 Å². The van der Waals surface area contributed by atoms with Gasteiger partial charge in [-0.2, -0.15) is 0 Å². The van der Waals surface area contributed by atoms with Crippen LogP contribution in [0.1, 0.15) is 23.7 Å². The Hall–Kier alpha value is -1.23. The van der Waals surface area contributed by atoms with Gasteiger partial charge in [-0.05, 0) is 34.5 Å². The third-order valence-corrected chi connectivity index (χ3v) is 2.52. The first-order valence-corrected chi connectivity index (χ1v) is 5.63. The fourth-order valence-electron chi connectivity index (χ4n) is 1.19. The number of rotatable bonds is 5. The Bertz CT molecular complexity index is 390. The minimum Gasteiger partial charge on any atom is -0.493 e. The van der Waals surface area contributed by atoms with Crippen LogP contribution in [-0.4, -0.2) is 24.8 Å². The van der Waals surface area contributed by atoms with Gasteiger partial charge in [-0.1, -0.05) is 6.92 Å². The van der Waals surface area contributed by atoms with E-state index in [9.17, 15) is 4.79 Å². The molecule has 0 aliphatic carbocycles. The highest BCUT2D eigenvalue weighted by Crippen LogP contribution is 2.36. The molecule has 16 heavy (non-hydrogen) atoms. The molecule has 0 amide bonds. The second-order valence-electron chi connectivity index (χ2n) is 3.14. The molecular formula is C11H13BrO4. The van der Waals surface area contributed by atoms with E-state index in [1.54, 1.807) is 0 Å². The summed E-state index contributed by atoms with van der Waals surface area (Å²) in [5.41, 5.74) is 0.160. The maximum absolute atomic E-state index is 10.8. The molecule has 0 aliphatic heterocycles. The van der Waals surface area contributed by atoms with Gasteiger partial charge in [0.05, 0.1) is 23.8 Å². The summed E-state index contributed by atoms with van der Waals surface area (Å²) in [6.07, 6.45) is 0.871. The van der Waals surface area contributed by atoms with Gasteiger partial charge in [-0.25, -0.2) is 4.79 Å². The number of methoxy groups -OCH3 is 1. The number of ether oxygens (including phenoxy) is 2. The molecule has 0 bridgehead atoms. The molecule has 5 heteroatoms. The normalized spacial score (nSPS) is 9.94. The average molecular weight is 289 g/mol. The number of benzene rings is 1. The Kier molecular flexibility index (Phi) is 4.61. The lowest BCUT2D eigenvalue weighted by Crippen LogP contribution is -2.02. The zero-order valence-electron chi connectivity index (χ0n) is 9.12. The molecule has 0 aliphatic rings. The van der Waals surface area contributed by atoms with E-state index >= 15 is 0 Å². The molecule has 0 aromatic heterocycles. The smallest absolute Gasteiger partial charge is 0.335 e. The third-order valence-electron chi connectivity index (χ3n) is 1.93. The van der Waals surface area contributed by atoms with E-state index in [4.69, 9.17) is 14.6 Å². The van der Waals surface area contributed by atoms with Crippen molar-refractivity contribution in [3.63, 3.8) is 0 Å². The van der Waals surface area contributed by atoms with Crippen molar-refractivity contribution in [1.29, 1.82) is 0 Å². The molecule has 0 radical (unpaired) electrons. The van der Waals surface area contributed by atoms with Gasteiger partial charge in [-0.3, -0.25) is 0 Å². The quantitative estimate of drug-likeness (QED) is 0.905. The van der Waals surface area contributed by atoms with E-state index in [1.165, 1.54) is 19.2 Å². The molecule has 1 rings (SSSR count). The topological polar surface area (TPSA) is 55.8 Å². The first-order chi connectivity index (χ1) is 7.60. The van der Waals surface area contributed by atoms with Crippen molar-refractivity contribution in [3.05, 3.63) is 22.2 Å². The highest BCUT2D eigenvalue weighted by atomic mass is 79.9. The summed E-state index contributed by atoms with van der Waals surface area (Å²) in [4.78, 5) is 10.8. The second-order valence-corrected chi connectivity index (χ2v) is 4.00. The zero-order chi connectivity index (χ0) is 12.1. The summed E-state index contributed by atoms with van der Waals surface area (Å²) in [7, 11) is 1.48. The lowest BCUT2D eigenvalue weighted by molar-refractivity contribution is 0.0696. The predicted molar refractivity (Wildman–Crippen MR) is 63.4 cm³/mol. The van der Waals surface area contributed by atoms with Gasteiger partial charge in [0, 0.05) is 0 Å². The standard InChI is InChI=1S/C11H13BrO4/c1-3-4-16-10-8(12)5-7(11(13)14)6-9(10)15-2/h5-6H,3-4H2,1-2H3,(H,13,14). The molecule has 0 heterocycles. The maximum atomic E-state index is 10.8. The van der Waals surface area contributed by atoms with Crippen LogP contribution in [0.25, 0.3) is 0 Å². The van der Waals surface area contributed by atoms with E-state index in [-0.39, 0.29) is 5.56 Å². The summed E-state index contributed by atoms with van der Waals surface area (Å²) < 4.78 is 11.2. The molecule has 0 atom stereocenters. The largest absolute Gasteiger partial charge is 0.493 e. The van der Waals surface area contributed by atoms with E-state index in [1.807, 2.05) is 6.92 Å². The van der Waals surface area contributed by atoms with E-state index in [0.29, 0.717) is 22.6 Å². The van der Waals surface area contributed by atoms with E-state index < -0.39 is 5.97 Å². The van der Waals surface area contributed by atoms with Crippen LogP contribution in [0, 0.1) is 0 Å². The Morgan fingerprint density at radius 1 is 1.50 bits per heavy atom. The van der Waals surface area contributed by atoms with Crippen LogP contribution >= 0.6 is 15.9 Å². The highest BCUT2D eigenvalue weighted by Gasteiger charge is 2.14. The van der Waals surface area contributed by atoms with Crippen molar-refractivity contribution in [2.24, 2.45) is 0 Å². The van der Waals surface area contributed by atoms with Gasteiger partial charge < -0.3 is 14.6 Å². The molecule has 1 aromatic rings. The molecule has 1 aromatic carbocycles. The fraction of sp³-hybridized carbons (Fsp3) is 0.364. The Balaban J connectivity index is 3.12. The number of hydrogen-bond donors (Lipinski definition) is 1. The molecule has 4 nitrogen and oxygen atoms in total. The van der Waals surface area contributed by atoms with Gasteiger partial charge in [0.1, 0.15) is 0 Å². The number of halogens is 1. The number of carboxylic acids is 1. The van der Waals surface area contributed by atoms with E-state index in [0.717, 1.165) is 6.42 Å². The van der Waals surface area contributed by atoms with E-state index in [2.05, 4.69) is 15.9 Å². The third kappa shape index (κ3) is 2.88. The first kappa shape index (κ1) is 12.8. The van der Waals surface area contributed by atoms with Crippen LogP contribution < -0.4 is 9.47 Å². The van der Waals surface area contributed by atoms with Crippen LogP contribution in [0.2, 0.25) is 0 Å². The first-order valence-electron chi connectivity index (χ1n) is 4.83. The lowest BCUT2D eigenvalue weighted by atomic mass is 10.2. The SMILES string of the molecule is CCCOc1c(Br)cc(C(=O)O)cc1OC. The molecule has 0 unspecified atom stereocenters. The lowest BCUT2D eigenvalue weighted by Gasteiger charge is -2.12. The highest BCUT2D eigenvalue weighted by molar-refractivity contribution is 9.10. The second kappa shape index (κ2) is 5.75. The van der Waals surface area contributed by atoms with Crippen LogP contribution in [0.4, 0.5) is 0 Å². The van der Waals surface area contributed by atoms with Gasteiger partial charge >= 0.3 is 5.97 Å². The summed E-state index contributed by atoms with van der Waals surface area (Å²) in [6, 6.07) is 2.94. The molecule has 0 spiro atoms. The van der Waals surface area contributed by atoms with Crippen LogP contribution in [0.15, 0.2) is 16.6 Å². The molecule has 88 valence electrons. The summed E-state index contributed by atoms with van der Waals surface area (Å²) >= 11 is 3.27. The summed E-state index contributed by atoms with van der Waals surface area (Å²) in [6.45, 7) is 2.55. The van der Waals surface area contributed by atoms with Crippen molar-refractivity contribution in [2.75, 3.05) is 13.7 Å². The van der Waals surface area contributed by atoms with Crippen molar-refractivity contribution in [2.45, 2.75) is 13.3 Å². The Morgan fingerprint density at radius 2 is 2.19 bits per heavy atom. The maximum Gasteiger partial charge on any atom is 0.335 e. The van der Waals surface area contributed by atoms with Crippen molar-refractivity contribution in [1.82, 2.24) is 0 Å². The summed E-state index contributed by atoms with van der Waals surface area (Å²) in [5, 5.41) is 8.88. The zero-order valence-corrected chi connectivity index (χ0v) is 10.7. The molecule has 0 fully saturated rings. The number of aromatic carboxylic acids is 1. The van der Waals surface area contributed by atoms with Crippen molar-refractivity contribution >= 4 is 21.9 Å². The Morgan fingerprint density at radius 3 is 2.69 bits per heavy atom. The fourth-order valence-corrected chi connectivity index (χ4v) is 1.74. The number of carboxylic acid groups (broad SMARTS) is 1. The van der Waals surface area contributed by atoms with Crippen molar-refractivity contribution in [3.8, 4) is 11.5 Å². The van der Waals surface area contributed by atoms with Crippen LogP contribution in [-0.2, 0) is 0 Å². The Labute approximate surface area is 102 Å². The summed E-state index contributed by atoms with van der Waals surface area (Å²) in [5.74, 6) is -0.0457.